The van der Waals surface area contributed by atoms with Crippen LogP contribution >= 0.6 is 0 Å². The molecule has 0 radical (unpaired) electrons. The Morgan fingerprint density at radius 1 is 0.933 bits per heavy atom. The minimum atomic E-state index is -0.608. The monoisotopic (exact) mass is 436 g/mol. The first kappa shape index (κ1) is 21.8. The lowest BCUT2D eigenvalue weighted by Crippen LogP contribution is -2.67. The Morgan fingerprint density at radius 3 is 2.13 bits per heavy atom. The van der Waals surface area contributed by atoms with Gasteiger partial charge in [-0.05, 0) is 78.6 Å². The van der Waals surface area contributed by atoms with E-state index in [1.54, 1.807) is 0 Å². The number of hydrogen-bond acceptors (Lipinski definition) is 5. The van der Waals surface area contributed by atoms with Crippen LogP contribution in [0.4, 0.5) is 0 Å². The predicted molar refractivity (Wildman–Crippen MR) is 119 cm³/mol. The molecule has 170 valence electrons. The molecule has 0 spiro atoms. The summed E-state index contributed by atoms with van der Waals surface area (Å²) in [5.41, 5.74) is -0.226. The molecular formula is C24H42NO4Si+. The summed E-state index contributed by atoms with van der Waals surface area (Å²) in [7, 11) is 2.13. The van der Waals surface area contributed by atoms with Crippen molar-refractivity contribution in [2.75, 3.05) is 13.2 Å². The molecular weight excluding hydrogens is 394 g/mol. The number of fused-ring (bicyclic) bond motifs is 2. The Balaban J connectivity index is 1.14. The van der Waals surface area contributed by atoms with Crippen LogP contribution in [0.1, 0.15) is 85.5 Å². The third kappa shape index (κ3) is 3.36. The summed E-state index contributed by atoms with van der Waals surface area (Å²) >= 11 is 0. The standard InChI is InChI=1S/C24H42NO4Si/c1-19(2)9-16(10-20(3,4)25-19)23-7-8-24(15-23,18(23)27)29-12-17(26)11-28-21-5-6-22(30,13-21)14-21/h16-18,25-27H,5-15,30H2,1-4H3/q+1. The maximum atomic E-state index is 11.3. The van der Waals surface area contributed by atoms with E-state index in [4.69, 9.17) is 9.47 Å². The largest absolute Gasteiger partial charge is 0.390 e. The van der Waals surface area contributed by atoms with Gasteiger partial charge >= 0.3 is 0 Å². The maximum Gasteiger partial charge on any atom is 0.290 e. The van der Waals surface area contributed by atoms with Gasteiger partial charge < -0.3 is 25.0 Å². The zero-order valence-electron chi connectivity index (χ0n) is 19.4. The zero-order chi connectivity index (χ0) is 21.6. The third-order valence-corrected chi connectivity index (χ3v) is 10.2. The second-order valence-corrected chi connectivity index (χ2v) is 14.7. The maximum absolute atomic E-state index is 11.3. The van der Waals surface area contributed by atoms with Gasteiger partial charge in [-0.15, -0.1) is 0 Å². The van der Waals surface area contributed by atoms with Gasteiger partial charge in [0, 0.05) is 29.3 Å². The smallest absolute Gasteiger partial charge is 0.290 e. The molecule has 0 amide bonds. The number of aliphatic hydroxyl groups excluding tert-OH is 2. The van der Waals surface area contributed by atoms with Gasteiger partial charge in [0.25, 0.3) is 10.2 Å². The highest BCUT2D eigenvalue weighted by Crippen LogP contribution is 2.69. The van der Waals surface area contributed by atoms with Crippen molar-refractivity contribution in [2.45, 2.75) is 125 Å². The van der Waals surface area contributed by atoms with E-state index in [0.29, 0.717) is 17.6 Å². The fourth-order valence-electron chi connectivity index (χ4n) is 8.46. The van der Waals surface area contributed by atoms with Crippen molar-refractivity contribution in [3.63, 3.8) is 0 Å². The van der Waals surface area contributed by atoms with E-state index in [1.165, 1.54) is 6.42 Å². The van der Waals surface area contributed by atoms with Crippen molar-refractivity contribution >= 4 is 10.2 Å². The number of nitrogens with one attached hydrogen (secondary N) is 1. The first-order valence-electron chi connectivity index (χ1n) is 12.1. The molecule has 30 heavy (non-hydrogen) atoms. The van der Waals surface area contributed by atoms with Gasteiger partial charge in [-0.1, -0.05) is 0 Å². The molecule has 6 heteroatoms. The highest BCUT2D eigenvalue weighted by Gasteiger charge is 2.72. The number of piperidine rings is 1. The molecule has 1 saturated heterocycles. The molecule has 0 aromatic rings. The Kier molecular flexibility index (Phi) is 4.76. The highest BCUT2D eigenvalue weighted by molar-refractivity contribution is 6.16. The van der Waals surface area contributed by atoms with Crippen LogP contribution < -0.4 is 5.32 Å². The Morgan fingerprint density at radius 2 is 1.57 bits per heavy atom. The first-order chi connectivity index (χ1) is 13.8. The summed E-state index contributed by atoms with van der Waals surface area (Å²) < 4.78 is 12.4. The SMILES string of the molecule is CC1(C)CC(C23CCC(OCC(O)COC45CCC([SiH2+])(C4)C5)(C2)C3O)CC(C)(C)N1. The summed E-state index contributed by atoms with van der Waals surface area (Å²) in [4.78, 5) is 0. The van der Waals surface area contributed by atoms with Gasteiger partial charge in [0.1, 0.15) is 6.10 Å². The molecule has 6 saturated carbocycles. The van der Waals surface area contributed by atoms with E-state index in [9.17, 15) is 10.2 Å². The summed E-state index contributed by atoms with van der Waals surface area (Å²) in [5.74, 6) is 0.515. The second kappa shape index (κ2) is 6.54. The lowest BCUT2D eigenvalue weighted by molar-refractivity contribution is -0.247. The quantitative estimate of drug-likeness (QED) is 0.535. The Bertz CT molecular complexity index is 689. The molecule has 7 rings (SSSR count). The molecule has 7 aliphatic rings. The van der Waals surface area contributed by atoms with Crippen molar-refractivity contribution < 1.29 is 19.7 Å². The van der Waals surface area contributed by atoms with Crippen LogP contribution in [0.3, 0.4) is 0 Å². The van der Waals surface area contributed by atoms with Gasteiger partial charge in [0.2, 0.25) is 0 Å². The third-order valence-electron chi connectivity index (χ3n) is 9.34. The van der Waals surface area contributed by atoms with Crippen molar-refractivity contribution in [2.24, 2.45) is 11.3 Å². The van der Waals surface area contributed by atoms with Crippen LogP contribution in [0.25, 0.3) is 0 Å². The van der Waals surface area contributed by atoms with Gasteiger partial charge in [0.15, 0.2) is 0 Å². The van der Waals surface area contributed by atoms with Crippen LogP contribution in [0.5, 0.6) is 0 Å². The Hall–Kier alpha value is 0.0169. The van der Waals surface area contributed by atoms with Crippen molar-refractivity contribution in [3.8, 4) is 0 Å². The van der Waals surface area contributed by atoms with Crippen LogP contribution in [0.15, 0.2) is 0 Å². The van der Waals surface area contributed by atoms with E-state index in [1.807, 2.05) is 0 Å². The second-order valence-electron chi connectivity index (χ2n) is 13.2. The first-order valence-corrected chi connectivity index (χ1v) is 12.8. The van der Waals surface area contributed by atoms with E-state index < -0.39 is 17.8 Å². The minimum absolute atomic E-state index is 0.00192. The number of ether oxygens (including phenoxy) is 2. The van der Waals surface area contributed by atoms with Crippen LogP contribution in [0, 0.1) is 11.3 Å². The summed E-state index contributed by atoms with van der Waals surface area (Å²) in [6, 6.07) is 0. The average Bonchev–Trinajstić information content (AvgIpc) is 3.31. The van der Waals surface area contributed by atoms with Gasteiger partial charge in [0.05, 0.1) is 35.6 Å². The van der Waals surface area contributed by atoms with Crippen LogP contribution in [-0.2, 0) is 9.47 Å². The number of hydrogen-bond donors (Lipinski definition) is 3. The van der Waals surface area contributed by atoms with E-state index >= 15 is 0 Å². The van der Waals surface area contributed by atoms with Gasteiger partial charge in [-0.2, -0.15) is 0 Å². The fourth-order valence-corrected chi connectivity index (χ4v) is 9.55. The molecule has 1 heterocycles. The molecule has 1 aliphatic heterocycles. The number of rotatable bonds is 7. The highest BCUT2D eigenvalue weighted by atomic mass is 28.1. The molecule has 0 aromatic heterocycles. The van der Waals surface area contributed by atoms with Crippen LogP contribution in [-0.4, -0.2) is 68.2 Å². The van der Waals surface area contributed by atoms with Crippen molar-refractivity contribution in [1.82, 2.24) is 5.32 Å². The topological polar surface area (TPSA) is 71.0 Å². The Labute approximate surface area is 185 Å². The fraction of sp³-hybridized carbons (Fsp3) is 1.00. The zero-order valence-corrected chi connectivity index (χ0v) is 20.8. The molecule has 6 aliphatic carbocycles. The number of aliphatic hydroxyl groups is 2. The average molecular weight is 437 g/mol. The molecule has 4 unspecified atom stereocenters. The molecule has 4 atom stereocenters. The molecule has 7 fully saturated rings. The molecule has 0 aromatic carbocycles. The summed E-state index contributed by atoms with van der Waals surface area (Å²) in [5, 5.41) is 26.1. The molecule has 4 bridgehead atoms. The van der Waals surface area contributed by atoms with Crippen molar-refractivity contribution in [3.05, 3.63) is 0 Å². The van der Waals surface area contributed by atoms with E-state index in [2.05, 4.69) is 43.3 Å². The summed E-state index contributed by atoms with van der Waals surface area (Å²) in [6.07, 6.45) is 8.78. The molecule has 5 nitrogen and oxygen atoms in total. The lowest BCUT2D eigenvalue weighted by Gasteiger charge is -2.60. The predicted octanol–water partition coefficient (Wildman–Crippen LogP) is 2.34. The van der Waals surface area contributed by atoms with Crippen molar-refractivity contribution in [1.29, 1.82) is 0 Å². The lowest BCUT2D eigenvalue weighted by atomic mass is 9.53. The normalized spacial score (nSPS) is 49.5. The van der Waals surface area contributed by atoms with Gasteiger partial charge in [-0.3, -0.25) is 0 Å². The van der Waals surface area contributed by atoms with Crippen LogP contribution in [0.2, 0.25) is 5.04 Å². The minimum Gasteiger partial charge on any atom is -0.390 e. The molecule has 3 N–H and O–H groups in total. The summed E-state index contributed by atoms with van der Waals surface area (Å²) in [6.45, 7) is 9.76. The van der Waals surface area contributed by atoms with Gasteiger partial charge in [-0.25, -0.2) is 0 Å². The van der Waals surface area contributed by atoms with E-state index in [0.717, 1.165) is 51.4 Å². The van der Waals surface area contributed by atoms with E-state index in [-0.39, 0.29) is 28.7 Å².